The van der Waals surface area contributed by atoms with E-state index in [1.807, 2.05) is 6.07 Å². The van der Waals surface area contributed by atoms with Crippen molar-refractivity contribution in [3.63, 3.8) is 0 Å². The number of aromatic amines is 1. The van der Waals surface area contributed by atoms with E-state index in [1.165, 1.54) is 7.11 Å². The molecule has 0 bridgehead atoms. The number of hydrogen-bond acceptors (Lipinski definition) is 5. The molecule has 2 amide bonds. The summed E-state index contributed by atoms with van der Waals surface area (Å²) in [7, 11) is 3.10. The topological polar surface area (TPSA) is 87.8 Å². The Morgan fingerprint density at radius 1 is 1.00 bits per heavy atom. The number of aromatic nitrogens is 2. The minimum atomic E-state index is -0.102. The number of nitrogens with zero attached hydrogens (tertiary/aromatic N) is 3. The summed E-state index contributed by atoms with van der Waals surface area (Å²) in [5.74, 6) is 1.40. The van der Waals surface area contributed by atoms with Gasteiger partial charge in [-0.1, -0.05) is 13.8 Å². The van der Waals surface area contributed by atoms with E-state index in [1.54, 1.807) is 35.1 Å². The average molecular weight is 400 g/mol. The molecule has 1 saturated heterocycles. The second kappa shape index (κ2) is 8.98. The molecule has 0 spiro atoms. The third-order valence-electron chi connectivity index (χ3n) is 4.96. The van der Waals surface area contributed by atoms with Crippen LogP contribution in [0.25, 0.3) is 0 Å². The van der Waals surface area contributed by atoms with Crippen molar-refractivity contribution in [1.82, 2.24) is 20.0 Å². The van der Waals surface area contributed by atoms with E-state index in [2.05, 4.69) is 24.0 Å². The summed E-state index contributed by atoms with van der Waals surface area (Å²) in [5, 5.41) is 7.10. The van der Waals surface area contributed by atoms with Crippen LogP contribution in [0.15, 0.2) is 24.3 Å². The summed E-state index contributed by atoms with van der Waals surface area (Å²) in [6.45, 7) is 6.15. The summed E-state index contributed by atoms with van der Waals surface area (Å²) in [6, 6.07) is 6.95. The molecule has 1 aliphatic heterocycles. The van der Waals surface area contributed by atoms with E-state index in [9.17, 15) is 9.59 Å². The SMILES string of the molecule is COc1ccc(C(=O)N2CCN(C(=O)c3cc(CC(C)C)[nH]n3)CC2)cc1OC. The average Bonchev–Trinajstić information content (AvgIpc) is 3.20. The Morgan fingerprint density at radius 3 is 2.21 bits per heavy atom. The van der Waals surface area contributed by atoms with Crippen LogP contribution in [0.1, 0.15) is 40.4 Å². The lowest BCUT2D eigenvalue weighted by Gasteiger charge is -2.34. The highest BCUT2D eigenvalue weighted by Gasteiger charge is 2.27. The van der Waals surface area contributed by atoms with Gasteiger partial charge in [0.05, 0.1) is 14.2 Å². The second-order valence-corrected chi connectivity index (χ2v) is 7.53. The fourth-order valence-corrected chi connectivity index (χ4v) is 3.44. The van der Waals surface area contributed by atoms with Gasteiger partial charge in [0.25, 0.3) is 11.8 Å². The van der Waals surface area contributed by atoms with Crippen LogP contribution in [-0.2, 0) is 6.42 Å². The summed E-state index contributed by atoms with van der Waals surface area (Å²) in [5.41, 5.74) is 1.93. The first-order valence-corrected chi connectivity index (χ1v) is 9.77. The Balaban J connectivity index is 1.60. The number of nitrogens with one attached hydrogen (secondary N) is 1. The lowest BCUT2D eigenvalue weighted by atomic mass is 10.1. The van der Waals surface area contributed by atoms with Gasteiger partial charge in [-0.05, 0) is 36.6 Å². The van der Waals surface area contributed by atoms with E-state index >= 15 is 0 Å². The maximum Gasteiger partial charge on any atom is 0.274 e. The molecule has 1 aliphatic rings. The molecule has 0 unspecified atom stereocenters. The minimum Gasteiger partial charge on any atom is -0.493 e. The quantitative estimate of drug-likeness (QED) is 0.803. The van der Waals surface area contributed by atoms with Crippen LogP contribution in [-0.4, -0.2) is 72.2 Å². The molecule has 3 rings (SSSR count). The number of H-pyrrole nitrogens is 1. The number of hydrogen-bond donors (Lipinski definition) is 1. The van der Waals surface area contributed by atoms with E-state index < -0.39 is 0 Å². The van der Waals surface area contributed by atoms with E-state index in [4.69, 9.17) is 9.47 Å². The lowest BCUT2D eigenvalue weighted by molar-refractivity contribution is 0.0532. The number of benzene rings is 1. The lowest BCUT2D eigenvalue weighted by Crippen LogP contribution is -2.50. The monoisotopic (exact) mass is 400 g/mol. The molecular formula is C21H28N4O4. The zero-order chi connectivity index (χ0) is 21.0. The molecule has 1 N–H and O–H groups in total. The number of amides is 2. The van der Waals surface area contributed by atoms with Crippen LogP contribution < -0.4 is 9.47 Å². The molecule has 1 aromatic heterocycles. The van der Waals surface area contributed by atoms with Crippen LogP contribution in [0, 0.1) is 5.92 Å². The predicted molar refractivity (Wildman–Crippen MR) is 108 cm³/mol. The summed E-state index contributed by atoms with van der Waals surface area (Å²) < 4.78 is 10.5. The van der Waals surface area contributed by atoms with Gasteiger partial charge in [-0.15, -0.1) is 0 Å². The molecule has 8 nitrogen and oxygen atoms in total. The van der Waals surface area contributed by atoms with Crippen LogP contribution in [0.4, 0.5) is 0 Å². The molecule has 1 fully saturated rings. The van der Waals surface area contributed by atoms with Crippen molar-refractivity contribution in [3.05, 3.63) is 41.2 Å². The molecule has 156 valence electrons. The van der Waals surface area contributed by atoms with Gasteiger partial charge in [-0.2, -0.15) is 5.10 Å². The van der Waals surface area contributed by atoms with Gasteiger partial charge in [0.1, 0.15) is 5.69 Å². The molecule has 29 heavy (non-hydrogen) atoms. The van der Waals surface area contributed by atoms with Crippen LogP contribution in [0.5, 0.6) is 11.5 Å². The first-order chi connectivity index (χ1) is 13.9. The van der Waals surface area contributed by atoms with Gasteiger partial charge in [0, 0.05) is 37.4 Å². The fourth-order valence-electron chi connectivity index (χ4n) is 3.44. The number of carbonyl (C=O) groups is 2. The van der Waals surface area contributed by atoms with Gasteiger partial charge in [-0.3, -0.25) is 14.7 Å². The van der Waals surface area contributed by atoms with Gasteiger partial charge < -0.3 is 19.3 Å². The van der Waals surface area contributed by atoms with Crippen molar-refractivity contribution in [2.45, 2.75) is 20.3 Å². The maximum absolute atomic E-state index is 12.8. The smallest absolute Gasteiger partial charge is 0.274 e. The Hall–Kier alpha value is -3.03. The van der Waals surface area contributed by atoms with Crippen LogP contribution in [0.2, 0.25) is 0 Å². The molecule has 0 saturated carbocycles. The predicted octanol–water partition coefficient (Wildman–Crippen LogP) is 2.22. The Morgan fingerprint density at radius 2 is 1.62 bits per heavy atom. The van der Waals surface area contributed by atoms with Crippen molar-refractivity contribution in [2.24, 2.45) is 5.92 Å². The molecule has 2 heterocycles. The third kappa shape index (κ3) is 4.70. The maximum atomic E-state index is 12.8. The standard InChI is InChI=1S/C21H28N4O4/c1-14(2)11-16-13-17(23-22-16)21(27)25-9-7-24(8-10-25)20(26)15-5-6-18(28-3)19(12-15)29-4/h5-6,12-14H,7-11H2,1-4H3,(H,22,23). The fraction of sp³-hybridized carbons (Fsp3) is 0.476. The molecule has 2 aromatic rings. The first-order valence-electron chi connectivity index (χ1n) is 9.77. The zero-order valence-electron chi connectivity index (χ0n) is 17.4. The van der Waals surface area contributed by atoms with Crippen molar-refractivity contribution in [2.75, 3.05) is 40.4 Å². The van der Waals surface area contributed by atoms with Crippen LogP contribution in [0.3, 0.4) is 0 Å². The Kier molecular flexibility index (Phi) is 6.41. The highest BCUT2D eigenvalue weighted by Crippen LogP contribution is 2.28. The van der Waals surface area contributed by atoms with Crippen LogP contribution >= 0.6 is 0 Å². The molecule has 0 aliphatic carbocycles. The molecule has 8 heteroatoms. The van der Waals surface area contributed by atoms with Gasteiger partial charge >= 0.3 is 0 Å². The highest BCUT2D eigenvalue weighted by atomic mass is 16.5. The van der Waals surface area contributed by atoms with Crippen molar-refractivity contribution >= 4 is 11.8 Å². The van der Waals surface area contributed by atoms with Crippen molar-refractivity contribution in [1.29, 1.82) is 0 Å². The zero-order valence-corrected chi connectivity index (χ0v) is 17.4. The Bertz CT molecular complexity index is 869. The number of piperazine rings is 1. The van der Waals surface area contributed by atoms with Gasteiger partial charge in [0.2, 0.25) is 0 Å². The molecule has 0 atom stereocenters. The number of ether oxygens (including phenoxy) is 2. The van der Waals surface area contributed by atoms with E-state index in [-0.39, 0.29) is 11.8 Å². The first kappa shape index (κ1) is 20.7. The summed E-state index contributed by atoms with van der Waals surface area (Å²) in [6.07, 6.45) is 0.855. The van der Waals surface area contributed by atoms with E-state index in [0.29, 0.717) is 54.9 Å². The van der Waals surface area contributed by atoms with Crippen molar-refractivity contribution in [3.8, 4) is 11.5 Å². The highest BCUT2D eigenvalue weighted by molar-refractivity contribution is 5.95. The van der Waals surface area contributed by atoms with Gasteiger partial charge in [-0.25, -0.2) is 0 Å². The number of carbonyl (C=O) groups excluding carboxylic acids is 2. The van der Waals surface area contributed by atoms with Crippen molar-refractivity contribution < 1.29 is 19.1 Å². The summed E-state index contributed by atoms with van der Waals surface area (Å²) >= 11 is 0. The molecule has 0 radical (unpaired) electrons. The minimum absolute atomic E-state index is 0.0861. The second-order valence-electron chi connectivity index (χ2n) is 7.53. The number of rotatable bonds is 6. The third-order valence-corrected chi connectivity index (χ3v) is 4.96. The van der Waals surface area contributed by atoms with E-state index in [0.717, 1.165) is 12.1 Å². The normalized spacial score (nSPS) is 14.2. The van der Waals surface area contributed by atoms with Gasteiger partial charge in [0.15, 0.2) is 11.5 Å². The number of methoxy groups -OCH3 is 2. The largest absolute Gasteiger partial charge is 0.493 e. The Labute approximate surface area is 170 Å². The molecular weight excluding hydrogens is 372 g/mol. The summed E-state index contributed by atoms with van der Waals surface area (Å²) in [4.78, 5) is 29.0. The molecule has 1 aromatic carbocycles.